The van der Waals surface area contributed by atoms with Gasteiger partial charge in [0, 0.05) is 12.6 Å². The summed E-state index contributed by atoms with van der Waals surface area (Å²) < 4.78 is 0. The van der Waals surface area contributed by atoms with Crippen LogP contribution in [0.2, 0.25) is 0 Å². The molecule has 2 aliphatic rings. The van der Waals surface area contributed by atoms with Crippen molar-refractivity contribution < 1.29 is 0 Å². The van der Waals surface area contributed by atoms with Gasteiger partial charge in [0.05, 0.1) is 6.07 Å². The Morgan fingerprint density at radius 3 is 2.54 bits per heavy atom. The van der Waals surface area contributed by atoms with Crippen molar-refractivity contribution >= 4 is 0 Å². The Morgan fingerprint density at radius 1 is 1.46 bits per heavy atom. The molecule has 0 radical (unpaired) electrons. The van der Waals surface area contributed by atoms with Crippen LogP contribution in [0.1, 0.15) is 39.5 Å². The van der Waals surface area contributed by atoms with E-state index in [4.69, 9.17) is 0 Å². The lowest BCUT2D eigenvalue weighted by atomic mass is 9.89. The summed E-state index contributed by atoms with van der Waals surface area (Å²) >= 11 is 0. The Kier molecular flexibility index (Phi) is 2.08. The molecule has 2 saturated heterocycles. The summed E-state index contributed by atoms with van der Waals surface area (Å²) in [7, 11) is 0. The Hall–Kier alpha value is -0.550. The second-order valence-electron chi connectivity index (χ2n) is 4.92. The van der Waals surface area contributed by atoms with E-state index in [9.17, 15) is 5.26 Å². The summed E-state index contributed by atoms with van der Waals surface area (Å²) in [5, 5.41) is 9.23. The molecule has 2 heteroatoms. The second-order valence-corrected chi connectivity index (χ2v) is 4.92. The second kappa shape index (κ2) is 2.99. The number of nitrogens with zero attached hydrogens (tertiary/aromatic N) is 2. The Bertz CT molecular complexity index is 231. The zero-order valence-electron chi connectivity index (χ0n) is 8.58. The highest BCUT2D eigenvalue weighted by Gasteiger charge is 2.51. The third-order valence-electron chi connectivity index (χ3n) is 3.54. The van der Waals surface area contributed by atoms with Crippen LogP contribution >= 0.6 is 0 Å². The highest BCUT2D eigenvalue weighted by atomic mass is 15.3. The molecule has 0 aromatic carbocycles. The van der Waals surface area contributed by atoms with Gasteiger partial charge in [0.15, 0.2) is 0 Å². The summed E-state index contributed by atoms with van der Waals surface area (Å²) in [5.74, 6) is 0.687. The number of hydrogen-bond acceptors (Lipinski definition) is 2. The molecular formula is C11H18N2. The summed E-state index contributed by atoms with van der Waals surface area (Å²) in [6, 6.07) is 3.27. The maximum atomic E-state index is 9.23. The molecule has 2 rings (SSSR count). The van der Waals surface area contributed by atoms with E-state index in [1.165, 1.54) is 12.8 Å². The minimum Gasteiger partial charge on any atom is -0.282 e. The van der Waals surface area contributed by atoms with Crippen LogP contribution < -0.4 is 0 Å². The maximum Gasteiger partial charge on any atom is 0.109 e. The van der Waals surface area contributed by atoms with Gasteiger partial charge in [-0.15, -0.1) is 0 Å². The predicted molar refractivity (Wildman–Crippen MR) is 52.1 cm³/mol. The maximum absolute atomic E-state index is 9.23. The molecule has 0 aliphatic carbocycles. The molecule has 0 unspecified atom stereocenters. The van der Waals surface area contributed by atoms with Crippen LogP contribution in [0, 0.1) is 17.2 Å². The molecule has 0 saturated carbocycles. The number of fused-ring (bicyclic) bond motifs is 2. The van der Waals surface area contributed by atoms with Crippen molar-refractivity contribution in [3.05, 3.63) is 0 Å². The van der Waals surface area contributed by atoms with E-state index in [2.05, 4.69) is 24.8 Å². The lowest BCUT2D eigenvalue weighted by molar-refractivity contribution is 0.180. The van der Waals surface area contributed by atoms with Gasteiger partial charge < -0.3 is 0 Å². The number of rotatable bonds is 2. The normalized spacial score (nSPS) is 38.5. The molecule has 0 amide bonds. The lowest BCUT2D eigenvalue weighted by Crippen LogP contribution is -2.41. The molecule has 72 valence electrons. The van der Waals surface area contributed by atoms with E-state index in [0.717, 1.165) is 25.4 Å². The van der Waals surface area contributed by atoms with Crippen LogP contribution in [-0.4, -0.2) is 23.0 Å². The molecular weight excluding hydrogens is 160 g/mol. The lowest BCUT2D eigenvalue weighted by Gasteiger charge is -2.29. The van der Waals surface area contributed by atoms with Gasteiger partial charge in [-0.1, -0.05) is 13.8 Å². The molecule has 0 atom stereocenters. The van der Waals surface area contributed by atoms with E-state index in [1.807, 2.05) is 0 Å². The minimum absolute atomic E-state index is 0.0606. The van der Waals surface area contributed by atoms with Crippen LogP contribution in [0.25, 0.3) is 0 Å². The van der Waals surface area contributed by atoms with Crippen LogP contribution in [0.4, 0.5) is 0 Å². The fourth-order valence-corrected chi connectivity index (χ4v) is 2.92. The summed E-state index contributed by atoms with van der Waals surface area (Å²) in [6.45, 7) is 5.59. The van der Waals surface area contributed by atoms with Crippen LogP contribution in [-0.2, 0) is 0 Å². The van der Waals surface area contributed by atoms with Gasteiger partial charge in [-0.05, 0) is 31.6 Å². The molecule has 13 heavy (non-hydrogen) atoms. The first-order valence-corrected chi connectivity index (χ1v) is 5.36. The van der Waals surface area contributed by atoms with E-state index in [0.29, 0.717) is 5.92 Å². The molecule has 2 bridgehead atoms. The highest BCUT2D eigenvalue weighted by molar-refractivity contribution is 5.18. The van der Waals surface area contributed by atoms with Gasteiger partial charge in [0.25, 0.3) is 0 Å². The Labute approximate surface area is 80.5 Å². The van der Waals surface area contributed by atoms with E-state index in [1.54, 1.807) is 0 Å². The highest BCUT2D eigenvalue weighted by Crippen LogP contribution is 2.46. The van der Waals surface area contributed by atoms with E-state index in [-0.39, 0.29) is 5.54 Å². The van der Waals surface area contributed by atoms with Gasteiger partial charge in [-0.3, -0.25) is 4.90 Å². The predicted octanol–water partition coefficient (Wildman–Crippen LogP) is 2.16. The third-order valence-corrected chi connectivity index (χ3v) is 3.54. The topological polar surface area (TPSA) is 27.0 Å². The largest absolute Gasteiger partial charge is 0.282 e. The van der Waals surface area contributed by atoms with Crippen molar-refractivity contribution in [1.82, 2.24) is 4.90 Å². The Balaban J connectivity index is 2.15. The van der Waals surface area contributed by atoms with Gasteiger partial charge >= 0.3 is 0 Å². The summed E-state index contributed by atoms with van der Waals surface area (Å²) in [5.41, 5.74) is -0.0606. The molecule has 2 heterocycles. The van der Waals surface area contributed by atoms with E-state index < -0.39 is 0 Å². The minimum atomic E-state index is -0.0606. The number of nitriles is 1. The van der Waals surface area contributed by atoms with Gasteiger partial charge in [0.2, 0.25) is 0 Å². The third kappa shape index (κ3) is 1.26. The average Bonchev–Trinajstić information content (AvgIpc) is 2.61. The van der Waals surface area contributed by atoms with Crippen molar-refractivity contribution in [3.8, 4) is 6.07 Å². The molecule has 0 N–H and O–H groups in total. The van der Waals surface area contributed by atoms with Crippen LogP contribution in [0.15, 0.2) is 0 Å². The molecule has 2 nitrogen and oxygen atoms in total. The van der Waals surface area contributed by atoms with Gasteiger partial charge in [-0.25, -0.2) is 0 Å². The van der Waals surface area contributed by atoms with Crippen molar-refractivity contribution in [3.63, 3.8) is 0 Å². The SMILES string of the molecule is CC(C)CN1C2CCC1(C#N)CC2. The van der Waals surface area contributed by atoms with Crippen LogP contribution in [0.5, 0.6) is 0 Å². The fourth-order valence-electron chi connectivity index (χ4n) is 2.92. The molecule has 0 spiro atoms. The first-order valence-electron chi connectivity index (χ1n) is 5.36. The zero-order valence-corrected chi connectivity index (χ0v) is 8.58. The molecule has 0 aromatic heterocycles. The van der Waals surface area contributed by atoms with Gasteiger partial charge in [-0.2, -0.15) is 5.26 Å². The van der Waals surface area contributed by atoms with Crippen molar-refractivity contribution in [2.24, 2.45) is 5.92 Å². The van der Waals surface area contributed by atoms with Gasteiger partial charge in [0.1, 0.15) is 5.54 Å². The standard InChI is InChI=1S/C11H18N2/c1-9(2)7-13-10-3-5-11(13,8-12)6-4-10/h9-10H,3-7H2,1-2H3. The smallest absolute Gasteiger partial charge is 0.109 e. The van der Waals surface area contributed by atoms with Crippen LogP contribution in [0.3, 0.4) is 0 Å². The van der Waals surface area contributed by atoms with Crippen molar-refractivity contribution in [1.29, 1.82) is 5.26 Å². The Morgan fingerprint density at radius 2 is 2.08 bits per heavy atom. The fraction of sp³-hybridized carbons (Fsp3) is 0.909. The average molecular weight is 178 g/mol. The monoisotopic (exact) mass is 178 g/mol. The van der Waals surface area contributed by atoms with Crippen molar-refractivity contribution in [2.45, 2.75) is 51.1 Å². The molecule has 2 fully saturated rings. The number of hydrogen-bond donors (Lipinski definition) is 0. The van der Waals surface area contributed by atoms with E-state index >= 15 is 0 Å². The molecule has 0 aromatic rings. The first kappa shape index (κ1) is 9.02. The summed E-state index contributed by atoms with van der Waals surface area (Å²) in [6.07, 6.45) is 4.72. The first-order chi connectivity index (χ1) is 6.18. The zero-order chi connectivity index (χ0) is 9.47. The quantitative estimate of drug-likeness (QED) is 0.648. The summed E-state index contributed by atoms with van der Waals surface area (Å²) in [4.78, 5) is 2.47. The molecule has 2 aliphatic heterocycles. The van der Waals surface area contributed by atoms with Crippen molar-refractivity contribution in [2.75, 3.05) is 6.54 Å².